The van der Waals surface area contributed by atoms with Gasteiger partial charge in [-0.1, -0.05) is 66.7 Å². The number of carbonyl (C=O) groups excluding carboxylic acids is 2. The van der Waals surface area contributed by atoms with Gasteiger partial charge in [0.2, 0.25) is 0 Å². The zero-order valence-electron chi connectivity index (χ0n) is 18.0. The van der Waals surface area contributed by atoms with Crippen molar-refractivity contribution in [2.75, 3.05) is 19.7 Å². The summed E-state index contributed by atoms with van der Waals surface area (Å²) in [6.07, 6.45) is -1.64. The Morgan fingerprint density at radius 1 is 0.812 bits per heavy atom. The number of amides is 2. The van der Waals surface area contributed by atoms with Crippen LogP contribution in [0.3, 0.4) is 0 Å². The molecule has 2 atom stereocenters. The highest BCUT2D eigenvalue weighted by molar-refractivity contribution is 6.00. The number of aliphatic hydroxyl groups excluding tert-OH is 1. The van der Waals surface area contributed by atoms with Crippen molar-refractivity contribution in [1.29, 1.82) is 0 Å². The Hall–Kier alpha value is -3.48. The number of rotatable bonds is 10. The molecule has 0 spiro atoms. The minimum Gasteiger partial charge on any atom is -0.388 e. The van der Waals surface area contributed by atoms with E-state index < -0.39 is 12.2 Å². The number of carbonyl (C=O) groups is 2. The lowest BCUT2D eigenvalue weighted by Crippen LogP contribution is -2.46. The molecule has 0 unspecified atom stereocenters. The van der Waals surface area contributed by atoms with Gasteiger partial charge in [0, 0.05) is 30.8 Å². The van der Waals surface area contributed by atoms with Crippen molar-refractivity contribution in [3.8, 4) is 11.1 Å². The van der Waals surface area contributed by atoms with Crippen LogP contribution in [0.5, 0.6) is 0 Å². The second-order valence-corrected chi connectivity index (χ2v) is 7.26. The van der Waals surface area contributed by atoms with Crippen molar-refractivity contribution >= 4 is 11.8 Å². The molecular formula is C26H28N2O4. The molecule has 0 aliphatic rings. The third-order valence-electron chi connectivity index (χ3n) is 5.04. The first kappa shape index (κ1) is 23.2. The summed E-state index contributed by atoms with van der Waals surface area (Å²) in [7, 11) is 0. The first-order valence-electron chi connectivity index (χ1n) is 10.7. The first-order chi connectivity index (χ1) is 15.6. The van der Waals surface area contributed by atoms with Crippen LogP contribution in [0.4, 0.5) is 0 Å². The maximum atomic E-state index is 12.9. The average Bonchev–Trinajstić information content (AvgIpc) is 2.85. The summed E-state index contributed by atoms with van der Waals surface area (Å²) in [5.41, 5.74) is 2.83. The topological polar surface area (TPSA) is 87.7 Å². The van der Waals surface area contributed by atoms with E-state index in [1.165, 1.54) is 0 Å². The maximum Gasteiger partial charge on any atom is 0.252 e. The summed E-state index contributed by atoms with van der Waals surface area (Å²) in [4.78, 5) is 25.1. The van der Waals surface area contributed by atoms with Gasteiger partial charge < -0.3 is 20.5 Å². The monoisotopic (exact) mass is 432 g/mol. The third-order valence-corrected chi connectivity index (χ3v) is 5.04. The summed E-state index contributed by atoms with van der Waals surface area (Å²) >= 11 is 0. The zero-order valence-corrected chi connectivity index (χ0v) is 18.0. The lowest BCUT2D eigenvalue weighted by molar-refractivity contribution is -0.0287. The van der Waals surface area contributed by atoms with Crippen molar-refractivity contribution < 1.29 is 19.4 Å². The predicted octanol–water partition coefficient (Wildman–Crippen LogP) is 3.28. The fourth-order valence-electron chi connectivity index (χ4n) is 3.38. The first-order valence-corrected chi connectivity index (χ1v) is 10.7. The van der Waals surface area contributed by atoms with Crippen LogP contribution < -0.4 is 10.6 Å². The van der Waals surface area contributed by atoms with Crippen LogP contribution in [0.15, 0.2) is 84.9 Å². The standard InChI is InChI=1S/C26H28N2O4/c1-2-32-24(23(29)17-27-25(30)20-13-7-4-8-14-20)18-28-26(31)22-16-10-9-15-21(22)19-11-5-3-6-12-19/h3-16,23-24,29H,2,17-18H2,1H3,(H,27,30)(H,28,31)/t23-,24+/m0/s1. The fraction of sp³-hybridized carbons (Fsp3) is 0.231. The summed E-state index contributed by atoms with van der Waals surface area (Å²) < 4.78 is 5.63. The summed E-state index contributed by atoms with van der Waals surface area (Å²) in [6.45, 7) is 2.30. The van der Waals surface area contributed by atoms with Gasteiger partial charge in [0.15, 0.2) is 0 Å². The molecule has 0 aliphatic heterocycles. The van der Waals surface area contributed by atoms with Gasteiger partial charge in [-0.15, -0.1) is 0 Å². The minimum absolute atomic E-state index is 0.00880. The van der Waals surface area contributed by atoms with Crippen LogP contribution in [0.25, 0.3) is 11.1 Å². The largest absolute Gasteiger partial charge is 0.388 e. The van der Waals surface area contributed by atoms with Crippen molar-refractivity contribution in [3.05, 3.63) is 96.1 Å². The summed E-state index contributed by atoms with van der Waals surface area (Å²) in [5.74, 6) is -0.532. The van der Waals surface area contributed by atoms with E-state index in [2.05, 4.69) is 10.6 Å². The highest BCUT2D eigenvalue weighted by Gasteiger charge is 2.22. The molecule has 0 aromatic heterocycles. The summed E-state index contributed by atoms with van der Waals surface area (Å²) in [6, 6.07) is 25.8. The fourth-order valence-corrected chi connectivity index (χ4v) is 3.38. The van der Waals surface area contributed by atoms with E-state index in [4.69, 9.17) is 4.74 Å². The van der Waals surface area contributed by atoms with E-state index in [0.29, 0.717) is 17.7 Å². The van der Waals surface area contributed by atoms with Crippen LogP contribution in [-0.2, 0) is 4.74 Å². The van der Waals surface area contributed by atoms with Gasteiger partial charge in [0.25, 0.3) is 11.8 Å². The molecule has 166 valence electrons. The molecule has 0 saturated carbocycles. The molecule has 0 saturated heterocycles. The molecule has 3 rings (SSSR count). The Morgan fingerprint density at radius 2 is 1.41 bits per heavy atom. The quantitative estimate of drug-likeness (QED) is 0.459. The van der Waals surface area contributed by atoms with Crippen molar-refractivity contribution in [3.63, 3.8) is 0 Å². The molecular weight excluding hydrogens is 404 g/mol. The average molecular weight is 433 g/mol. The lowest BCUT2D eigenvalue weighted by atomic mass is 9.99. The van der Waals surface area contributed by atoms with Gasteiger partial charge in [-0.2, -0.15) is 0 Å². The Balaban J connectivity index is 1.61. The van der Waals surface area contributed by atoms with E-state index in [9.17, 15) is 14.7 Å². The number of nitrogens with one attached hydrogen (secondary N) is 2. The second kappa shape index (κ2) is 11.8. The van der Waals surface area contributed by atoms with Crippen LogP contribution in [0.1, 0.15) is 27.6 Å². The molecule has 3 aromatic rings. The van der Waals surface area contributed by atoms with Gasteiger partial charge in [-0.3, -0.25) is 9.59 Å². The smallest absolute Gasteiger partial charge is 0.252 e. The molecule has 0 fully saturated rings. The Morgan fingerprint density at radius 3 is 2.09 bits per heavy atom. The van der Waals surface area contributed by atoms with E-state index in [1.54, 1.807) is 30.3 Å². The SMILES string of the molecule is CCO[C@H](CNC(=O)c1ccccc1-c1ccccc1)[C@@H](O)CNC(=O)c1ccccc1. The Bertz CT molecular complexity index is 1010. The Labute approximate surface area is 188 Å². The van der Waals surface area contributed by atoms with Gasteiger partial charge in [0.1, 0.15) is 6.10 Å². The molecule has 3 N–H and O–H groups in total. The van der Waals surface area contributed by atoms with Gasteiger partial charge in [-0.05, 0) is 36.2 Å². The van der Waals surface area contributed by atoms with Crippen LogP contribution >= 0.6 is 0 Å². The van der Waals surface area contributed by atoms with Gasteiger partial charge in [0.05, 0.1) is 6.10 Å². The van der Waals surface area contributed by atoms with E-state index in [-0.39, 0.29) is 24.9 Å². The number of ether oxygens (including phenoxy) is 1. The van der Waals surface area contributed by atoms with Crippen LogP contribution in [0, 0.1) is 0 Å². The van der Waals surface area contributed by atoms with E-state index in [1.807, 2.05) is 61.5 Å². The molecule has 0 heterocycles. The van der Waals surface area contributed by atoms with Crippen molar-refractivity contribution in [1.82, 2.24) is 10.6 Å². The second-order valence-electron chi connectivity index (χ2n) is 7.26. The number of benzene rings is 3. The lowest BCUT2D eigenvalue weighted by Gasteiger charge is -2.24. The molecule has 3 aromatic carbocycles. The molecule has 0 radical (unpaired) electrons. The number of hydrogen-bond acceptors (Lipinski definition) is 4. The molecule has 2 amide bonds. The van der Waals surface area contributed by atoms with E-state index >= 15 is 0 Å². The summed E-state index contributed by atoms with van der Waals surface area (Å²) in [5, 5.41) is 16.1. The highest BCUT2D eigenvalue weighted by atomic mass is 16.5. The molecule has 32 heavy (non-hydrogen) atoms. The third kappa shape index (κ3) is 6.26. The van der Waals surface area contributed by atoms with E-state index in [0.717, 1.165) is 11.1 Å². The van der Waals surface area contributed by atoms with Crippen molar-refractivity contribution in [2.24, 2.45) is 0 Å². The molecule has 6 heteroatoms. The Kier molecular flexibility index (Phi) is 8.54. The zero-order chi connectivity index (χ0) is 22.8. The normalized spacial score (nSPS) is 12.6. The van der Waals surface area contributed by atoms with Crippen LogP contribution in [-0.4, -0.2) is 48.8 Å². The van der Waals surface area contributed by atoms with Gasteiger partial charge in [-0.25, -0.2) is 0 Å². The highest BCUT2D eigenvalue weighted by Crippen LogP contribution is 2.23. The minimum atomic E-state index is -0.979. The maximum absolute atomic E-state index is 12.9. The predicted molar refractivity (Wildman–Crippen MR) is 124 cm³/mol. The molecule has 0 bridgehead atoms. The van der Waals surface area contributed by atoms with Crippen molar-refractivity contribution in [2.45, 2.75) is 19.1 Å². The number of aliphatic hydroxyl groups is 1. The molecule has 6 nitrogen and oxygen atoms in total. The molecule has 0 aliphatic carbocycles. The number of hydrogen-bond donors (Lipinski definition) is 3. The van der Waals surface area contributed by atoms with Gasteiger partial charge >= 0.3 is 0 Å². The van der Waals surface area contributed by atoms with Crippen LogP contribution in [0.2, 0.25) is 0 Å².